The Labute approximate surface area is 169 Å². The molecule has 1 fully saturated rings. The summed E-state index contributed by atoms with van der Waals surface area (Å²) in [5.41, 5.74) is 2.78. The average Bonchev–Trinajstić information content (AvgIpc) is 3.00. The fraction of sp³-hybridized carbons (Fsp3) is 0.273. The second kappa shape index (κ2) is 9.06. The van der Waals surface area contributed by atoms with Gasteiger partial charge >= 0.3 is 0 Å². The van der Waals surface area contributed by atoms with Gasteiger partial charge in [-0.25, -0.2) is 9.38 Å². The molecule has 0 radical (unpaired) electrons. The van der Waals surface area contributed by atoms with Crippen LogP contribution >= 0.6 is 11.8 Å². The molecule has 1 saturated heterocycles. The van der Waals surface area contributed by atoms with E-state index in [1.165, 1.54) is 29.6 Å². The van der Waals surface area contributed by atoms with Gasteiger partial charge in [-0.3, -0.25) is 9.69 Å². The summed E-state index contributed by atoms with van der Waals surface area (Å²) in [7, 11) is 0. The third-order valence-electron chi connectivity index (χ3n) is 4.58. The van der Waals surface area contributed by atoms with Crippen LogP contribution in [-0.2, 0) is 4.79 Å². The van der Waals surface area contributed by atoms with E-state index in [1.54, 1.807) is 17.0 Å². The number of thioether (sulfide) groups is 1. The molecule has 0 saturated carbocycles. The Morgan fingerprint density at radius 3 is 2.25 bits per heavy atom. The summed E-state index contributed by atoms with van der Waals surface area (Å²) in [5, 5.41) is 0.616. The van der Waals surface area contributed by atoms with Crippen molar-refractivity contribution in [1.29, 1.82) is 0 Å². The van der Waals surface area contributed by atoms with Gasteiger partial charge in [0.1, 0.15) is 5.82 Å². The Hall–Kier alpha value is -2.60. The molecule has 1 aliphatic heterocycles. The van der Waals surface area contributed by atoms with Gasteiger partial charge in [-0.15, -0.1) is 0 Å². The number of halogens is 1. The number of nitrogens with zero attached hydrogens (tertiary/aromatic N) is 3. The number of amides is 1. The molecule has 3 rings (SSSR count). The third-order valence-corrected chi connectivity index (χ3v) is 5.58. The minimum absolute atomic E-state index is 0.0545. The molecule has 0 spiro atoms. The van der Waals surface area contributed by atoms with Crippen molar-refractivity contribution >= 4 is 40.3 Å². The topological polar surface area (TPSA) is 35.9 Å². The number of carbonyl (C=O) groups excluding carboxylic acids is 1. The van der Waals surface area contributed by atoms with Crippen molar-refractivity contribution in [3.8, 4) is 0 Å². The van der Waals surface area contributed by atoms with Gasteiger partial charge in [-0.2, -0.15) is 0 Å². The number of amidine groups is 1. The second-order valence-corrected chi connectivity index (χ2v) is 7.30. The van der Waals surface area contributed by atoms with Crippen LogP contribution in [0, 0.1) is 5.82 Å². The van der Waals surface area contributed by atoms with E-state index in [0.29, 0.717) is 22.3 Å². The first kappa shape index (κ1) is 20.1. The summed E-state index contributed by atoms with van der Waals surface area (Å²) < 4.78 is 13.1. The molecule has 1 aliphatic rings. The molecule has 0 N–H and O–H groups in total. The molecule has 0 unspecified atom stereocenters. The number of rotatable bonds is 6. The van der Waals surface area contributed by atoms with E-state index in [9.17, 15) is 9.18 Å². The molecule has 4 nitrogen and oxygen atoms in total. The number of likely N-dealkylation sites (N-methyl/N-ethyl adjacent to an activating group) is 1. The molecule has 0 bridgehead atoms. The van der Waals surface area contributed by atoms with Gasteiger partial charge in [0.2, 0.25) is 0 Å². The van der Waals surface area contributed by atoms with Crippen molar-refractivity contribution in [2.45, 2.75) is 20.8 Å². The highest BCUT2D eigenvalue weighted by molar-refractivity contribution is 8.18. The summed E-state index contributed by atoms with van der Waals surface area (Å²) in [6.07, 6.45) is 1.90. The number of anilines is 1. The van der Waals surface area contributed by atoms with Crippen molar-refractivity contribution in [2.75, 3.05) is 24.5 Å². The Morgan fingerprint density at radius 2 is 1.68 bits per heavy atom. The molecule has 146 valence electrons. The summed E-state index contributed by atoms with van der Waals surface area (Å²) >= 11 is 1.35. The highest BCUT2D eigenvalue weighted by atomic mass is 32.2. The molecule has 2 aromatic carbocycles. The van der Waals surface area contributed by atoms with Gasteiger partial charge in [0.25, 0.3) is 5.91 Å². The molecular formula is C22H24FN3OS. The molecule has 0 aromatic heterocycles. The SMILES string of the molecule is CCN1C(=O)/C(=C\c2ccc(N(CC)CC)cc2)SC1=Nc1ccc(F)cc1. The second-order valence-electron chi connectivity index (χ2n) is 6.29. The lowest BCUT2D eigenvalue weighted by molar-refractivity contribution is -0.122. The fourth-order valence-electron chi connectivity index (χ4n) is 3.02. The van der Waals surface area contributed by atoms with Gasteiger partial charge in [-0.05, 0) is 80.6 Å². The zero-order valence-corrected chi connectivity index (χ0v) is 17.2. The van der Waals surface area contributed by atoms with E-state index in [-0.39, 0.29) is 11.7 Å². The van der Waals surface area contributed by atoms with Crippen LogP contribution in [0.2, 0.25) is 0 Å². The van der Waals surface area contributed by atoms with Crippen LogP contribution in [0.1, 0.15) is 26.3 Å². The predicted octanol–water partition coefficient (Wildman–Crippen LogP) is 5.30. The van der Waals surface area contributed by atoms with E-state index >= 15 is 0 Å². The Bertz CT molecular complexity index is 887. The first-order chi connectivity index (χ1) is 13.5. The Morgan fingerprint density at radius 1 is 1.04 bits per heavy atom. The normalized spacial score (nSPS) is 17.0. The standard InChI is InChI=1S/C22H24FN3OS/c1-4-25(5-2)19-13-7-16(8-14-19)15-20-21(27)26(6-3)22(28-20)24-18-11-9-17(23)10-12-18/h7-15H,4-6H2,1-3H3/b20-15+,24-22?. The van der Waals surface area contributed by atoms with Gasteiger partial charge in [0, 0.05) is 25.3 Å². The van der Waals surface area contributed by atoms with Crippen LogP contribution in [0.25, 0.3) is 6.08 Å². The van der Waals surface area contributed by atoms with Gasteiger partial charge in [-0.1, -0.05) is 12.1 Å². The van der Waals surface area contributed by atoms with E-state index in [4.69, 9.17) is 0 Å². The lowest BCUT2D eigenvalue weighted by Crippen LogP contribution is -2.28. The smallest absolute Gasteiger partial charge is 0.266 e. The van der Waals surface area contributed by atoms with Crippen molar-refractivity contribution in [3.63, 3.8) is 0 Å². The van der Waals surface area contributed by atoms with E-state index in [1.807, 2.05) is 25.1 Å². The number of carbonyl (C=O) groups is 1. The minimum Gasteiger partial charge on any atom is -0.372 e. The van der Waals surface area contributed by atoms with Gasteiger partial charge in [0.05, 0.1) is 10.6 Å². The number of benzene rings is 2. The largest absolute Gasteiger partial charge is 0.372 e. The molecule has 2 aromatic rings. The average molecular weight is 398 g/mol. The van der Waals surface area contributed by atoms with Crippen LogP contribution < -0.4 is 4.90 Å². The maximum atomic E-state index is 13.1. The summed E-state index contributed by atoms with van der Waals surface area (Å²) in [6.45, 7) is 8.63. The molecule has 1 amide bonds. The van der Waals surface area contributed by atoms with E-state index in [2.05, 4.69) is 35.9 Å². The van der Waals surface area contributed by atoms with Crippen LogP contribution in [0.3, 0.4) is 0 Å². The first-order valence-corrected chi connectivity index (χ1v) is 10.3. The molecular weight excluding hydrogens is 373 g/mol. The molecule has 0 aliphatic carbocycles. The highest BCUT2D eigenvalue weighted by Gasteiger charge is 2.32. The maximum absolute atomic E-state index is 13.1. The Balaban J connectivity index is 1.84. The van der Waals surface area contributed by atoms with Crippen LogP contribution in [0.4, 0.5) is 15.8 Å². The summed E-state index contributed by atoms with van der Waals surface area (Å²) in [6, 6.07) is 14.2. The number of hydrogen-bond donors (Lipinski definition) is 0. The number of hydrogen-bond acceptors (Lipinski definition) is 4. The fourth-order valence-corrected chi connectivity index (χ4v) is 4.08. The van der Waals surface area contributed by atoms with Gasteiger partial charge < -0.3 is 4.90 Å². The van der Waals surface area contributed by atoms with Crippen molar-refractivity contribution in [1.82, 2.24) is 4.90 Å². The zero-order chi connectivity index (χ0) is 20.1. The summed E-state index contributed by atoms with van der Waals surface area (Å²) in [5.74, 6) is -0.360. The van der Waals surface area contributed by atoms with E-state index in [0.717, 1.165) is 18.7 Å². The summed E-state index contributed by atoms with van der Waals surface area (Å²) in [4.78, 5) is 21.8. The van der Waals surface area contributed by atoms with Crippen molar-refractivity contribution in [2.24, 2.45) is 4.99 Å². The van der Waals surface area contributed by atoms with Crippen molar-refractivity contribution < 1.29 is 9.18 Å². The van der Waals surface area contributed by atoms with Crippen LogP contribution in [-0.4, -0.2) is 35.6 Å². The molecule has 1 heterocycles. The van der Waals surface area contributed by atoms with Gasteiger partial charge in [0.15, 0.2) is 5.17 Å². The molecule has 0 atom stereocenters. The monoisotopic (exact) mass is 397 g/mol. The van der Waals surface area contributed by atoms with Crippen molar-refractivity contribution in [3.05, 3.63) is 64.8 Å². The predicted molar refractivity (Wildman–Crippen MR) is 116 cm³/mol. The van der Waals surface area contributed by atoms with Crippen LogP contribution in [0.5, 0.6) is 0 Å². The quantitative estimate of drug-likeness (QED) is 0.621. The minimum atomic E-state index is -0.305. The highest BCUT2D eigenvalue weighted by Crippen LogP contribution is 2.34. The lowest BCUT2D eigenvalue weighted by Gasteiger charge is -2.20. The third kappa shape index (κ3) is 4.44. The van der Waals surface area contributed by atoms with Crippen LogP contribution in [0.15, 0.2) is 58.4 Å². The van der Waals surface area contributed by atoms with E-state index < -0.39 is 0 Å². The maximum Gasteiger partial charge on any atom is 0.266 e. The number of aliphatic imine (C=N–C) groups is 1. The molecule has 6 heteroatoms. The Kier molecular flexibility index (Phi) is 6.52. The molecule has 28 heavy (non-hydrogen) atoms. The first-order valence-electron chi connectivity index (χ1n) is 9.46. The lowest BCUT2D eigenvalue weighted by atomic mass is 10.1. The zero-order valence-electron chi connectivity index (χ0n) is 16.4.